The number of hydrogen-bond donors (Lipinski definition) is 1. The zero-order valence-corrected chi connectivity index (χ0v) is 57.7. The number of esters is 1. The first-order valence-corrected chi connectivity index (χ1v) is 37.7. The number of allylic oxidation sites excluding steroid dienone is 11. The number of amides is 1. The summed E-state index contributed by atoms with van der Waals surface area (Å²) in [5.41, 5.74) is 0. The van der Waals surface area contributed by atoms with E-state index >= 15 is 0 Å². The Balaban J connectivity index is 5.09. The van der Waals surface area contributed by atoms with Crippen molar-refractivity contribution in [2.45, 2.75) is 354 Å². The highest BCUT2D eigenvalue weighted by atomic mass is 31.2. The maximum atomic E-state index is 13.6. The van der Waals surface area contributed by atoms with Crippen LogP contribution in [0, 0.1) is 0 Å². The second-order valence-electron chi connectivity index (χ2n) is 25.7. The van der Waals surface area contributed by atoms with E-state index in [1.807, 2.05) is 33.3 Å². The molecule has 1 N–H and O–H groups in total. The molecule has 0 saturated heterocycles. The molecule has 0 bridgehead atoms. The highest BCUT2D eigenvalue weighted by Crippen LogP contribution is 2.38. The lowest BCUT2D eigenvalue weighted by Crippen LogP contribution is -2.47. The number of quaternary nitrogens is 1. The second-order valence-corrected chi connectivity index (χ2v) is 27.1. The molecule has 9 nitrogen and oxygen atoms in total. The van der Waals surface area contributed by atoms with E-state index in [1.165, 1.54) is 205 Å². The first kappa shape index (κ1) is 82.5. The van der Waals surface area contributed by atoms with Gasteiger partial charge in [0.05, 0.1) is 33.8 Å². The Morgan fingerprint density at radius 1 is 0.424 bits per heavy atom. The highest BCUT2D eigenvalue weighted by Gasteiger charge is 2.27. The van der Waals surface area contributed by atoms with E-state index in [-0.39, 0.29) is 31.5 Å². The molecule has 0 fully saturated rings. The van der Waals surface area contributed by atoms with E-state index < -0.39 is 20.0 Å². The average Bonchev–Trinajstić information content (AvgIpc) is 3.64. The molecule has 0 aliphatic heterocycles. The van der Waals surface area contributed by atoms with Crippen molar-refractivity contribution in [2.75, 3.05) is 40.9 Å². The number of rotatable bonds is 66. The van der Waals surface area contributed by atoms with Gasteiger partial charge in [-0.3, -0.25) is 14.2 Å². The van der Waals surface area contributed by atoms with Gasteiger partial charge in [-0.2, -0.15) is 0 Å². The van der Waals surface area contributed by atoms with Gasteiger partial charge in [-0.25, -0.2) is 0 Å². The fourth-order valence-electron chi connectivity index (χ4n) is 10.6. The van der Waals surface area contributed by atoms with Gasteiger partial charge in [0.2, 0.25) is 5.91 Å². The molecular formula is C75H139N2O7P. The first-order valence-electron chi connectivity index (χ1n) is 36.2. The number of phosphoric ester groups is 1. The number of likely N-dealkylation sites (N-methyl/N-ethyl adjacent to an activating group) is 1. The molecule has 0 saturated carbocycles. The Morgan fingerprint density at radius 2 is 0.753 bits per heavy atom. The molecule has 10 heteroatoms. The van der Waals surface area contributed by atoms with Crippen molar-refractivity contribution in [1.29, 1.82) is 0 Å². The van der Waals surface area contributed by atoms with E-state index in [0.717, 1.165) is 103 Å². The lowest BCUT2D eigenvalue weighted by Gasteiger charge is -2.30. The van der Waals surface area contributed by atoms with Crippen LogP contribution in [0.15, 0.2) is 72.9 Å². The quantitative estimate of drug-likeness (QED) is 0.0212. The number of ether oxygens (including phenoxy) is 1. The fourth-order valence-corrected chi connectivity index (χ4v) is 11.3. The molecular weight excluding hydrogens is 1070 g/mol. The SMILES string of the molecule is CC/C=C\C/C=C\C/C=C\C/C=C\C/C=C\CCCCCCCCCCCC(=O)NC(COP(=O)([O-])OCC[N+](C)(C)C)C(/C=C/CCCCCCCCCCCCC)OC(=O)CCCCCCCCCCCCCCCCCCCCCCC. The van der Waals surface area contributed by atoms with E-state index in [2.05, 4.69) is 86.8 Å². The molecule has 0 radical (unpaired) electrons. The summed E-state index contributed by atoms with van der Waals surface area (Å²) in [5, 5.41) is 3.05. The van der Waals surface area contributed by atoms with Crippen LogP contribution in [-0.4, -0.2) is 69.4 Å². The topological polar surface area (TPSA) is 114 Å². The Kier molecular flexibility index (Phi) is 62.5. The van der Waals surface area contributed by atoms with Gasteiger partial charge in [-0.05, 0) is 76.7 Å². The maximum absolute atomic E-state index is 13.6. The molecule has 85 heavy (non-hydrogen) atoms. The van der Waals surface area contributed by atoms with Crippen LogP contribution in [0.5, 0.6) is 0 Å². The zero-order valence-electron chi connectivity index (χ0n) is 56.8. The van der Waals surface area contributed by atoms with E-state index in [4.69, 9.17) is 13.8 Å². The predicted octanol–water partition coefficient (Wildman–Crippen LogP) is 22.5. The summed E-state index contributed by atoms with van der Waals surface area (Å²) in [6.45, 7) is 6.78. The van der Waals surface area contributed by atoms with Crippen molar-refractivity contribution in [1.82, 2.24) is 5.32 Å². The summed E-state index contributed by atoms with van der Waals surface area (Å²) in [4.78, 5) is 40.2. The van der Waals surface area contributed by atoms with Crippen LogP contribution in [0.2, 0.25) is 0 Å². The van der Waals surface area contributed by atoms with Crippen LogP contribution in [0.3, 0.4) is 0 Å². The van der Waals surface area contributed by atoms with E-state index in [0.29, 0.717) is 17.4 Å². The Bertz CT molecular complexity index is 1680. The number of unbranched alkanes of at least 4 members (excludes halogenated alkanes) is 40. The number of carbonyl (C=O) groups excluding carboxylic acids is 2. The molecule has 496 valence electrons. The number of carbonyl (C=O) groups is 2. The largest absolute Gasteiger partial charge is 0.756 e. The normalized spacial score (nSPS) is 13.9. The molecule has 0 aliphatic carbocycles. The standard InChI is InChI=1S/C75H139N2O7P/c1-7-10-13-16-19-22-25-28-30-32-34-36-37-38-39-41-42-44-46-49-52-55-58-61-64-67-74(78)76-72(71-83-85(80,81)82-70-69-77(4,5)6)73(66-63-60-57-54-51-48-27-24-21-18-15-12-9-3)84-75(79)68-65-62-59-56-53-50-47-45-43-40-35-33-31-29-26-23-20-17-14-11-8-2/h10,13,19,22,28,30,34,36,38-39,63,66,72-73H,7-9,11-12,14-18,20-21,23-27,29,31-33,35,37,40-62,64-65,67-71H2,1-6H3,(H-,76,78,80,81)/b13-10-,22-19-,30-28-,36-34-,39-38-,66-63+. The fraction of sp³-hybridized carbons (Fsp3) is 0.813. The molecule has 0 aliphatic rings. The lowest BCUT2D eigenvalue weighted by atomic mass is 10.0. The number of hydrogen-bond acceptors (Lipinski definition) is 7. The van der Waals surface area contributed by atoms with Crippen LogP contribution < -0.4 is 10.2 Å². The predicted molar refractivity (Wildman–Crippen MR) is 367 cm³/mol. The molecule has 0 heterocycles. The van der Waals surface area contributed by atoms with Gasteiger partial charge in [0, 0.05) is 12.8 Å². The van der Waals surface area contributed by atoms with Crippen molar-refractivity contribution in [3.05, 3.63) is 72.9 Å². The molecule has 3 atom stereocenters. The maximum Gasteiger partial charge on any atom is 0.306 e. The van der Waals surface area contributed by atoms with Crippen molar-refractivity contribution >= 4 is 19.7 Å². The van der Waals surface area contributed by atoms with Crippen LogP contribution in [0.4, 0.5) is 0 Å². The van der Waals surface area contributed by atoms with Crippen LogP contribution in [-0.2, 0) is 27.9 Å². The summed E-state index contributed by atoms with van der Waals surface area (Å²) in [6, 6.07) is -0.894. The summed E-state index contributed by atoms with van der Waals surface area (Å²) >= 11 is 0. The third-order valence-electron chi connectivity index (χ3n) is 16.2. The summed E-state index contributed by atoms with van der Waals surface area (Å²) in [5.74, 6) is -0.534. The molecule has 0 aromatic heterocycles. The minimum Gasteiger partial charge on any atom is -0.756 e. The smallest absolute Gasteiger partial charge is 0.306 e. The zero-order chi connectivity index (χ0) is 62.1. The summed E-state index contributed by atoms with van der Waals surface area (Å²) in [6.07, 6.45) is 84.5. The van der Waals surface area contributed by atoms with Crippen molar-refractivity contribution in [3.8, 4) is 0 Å². The van der Waals surface area contributed by atoms with Gasteiger partial charge in [0.15, 0.2) is 0 Å². The lowest BCUT2D eigenvalue weighted by molar-refractivity contribution is -0.870. The highest BCUT2D eigenvalue weighted by molar-refractivity contribution is 7.45. The number of nitrogens with one attached hydrogen (secondary N) is 1. The van der Waals surface area contributed by atoms with Crippen molar-refractivity contribution in [2.24, 2.45) is 0 Å². The summed E-state index contributed by atoms with van der Waals surface area (Å²) < 4.78 is 30.5. The Morgan fingerprint density at radius 3 is 1.13 bits per heavy atom. The van der Waals surface area contributed by atoms with E-state index in [9.17, 15) is 19.0 Å². The summed E-state index contributed by atoms with van der Waals surface area (Å²) in [7, 11) is 1.19. The van der Waals surface area contributed by atoms with Crippen molar-refractivity contribution < 1.29 is 37.3 Å². The van der Waals surface area contributed by atoms with Crippen LogP contribution in [0.1, 0.15) is 342 Å². The number of phosphoric acid groups is 1. The molecule has 0 aromatic rings. The third-order valence-corrected chi connectivity index (χ3v) is 17.1. The molecule has 0 spiro atoms. The van der Waals surface area contributed by atoms with E-state index in [1.54, 1.807) is 0 Å². The van der Waals surface area contributed by atoms with Gasteiger partial charge in [-0.15, -0.1) is 0 Å². The molecule has 0 rings (SSSR count). The third kappa shape index (κ3) is 65.7. The minimum atomic E-state index is -4.71. The number of nitrogens with zero attached hydrogens (tertiary/aromatic N) is 1. The molecule has 1 amide bonds. The Labute approximate surface area is 527 Å². The minimum absolute atomic E-state index is 0.0239. The van der Waals surface area contributed by atoms with Gasteiger partial charge in [0.25, 0.3) is 7.82 Å². The van der Waals surface area contributed by atoms with Gasteiger partial charge >= 0.3 is 5.97 Å². The van der Waals surface area contributed by atoms with Gasteiger partial charge in [-0.1, -0.05) is 325 Å². The Hall–Kier alpha value is -2.55. The van der Waals surface area contributed by atoms with Crippen molar-refractivity contribution in [3.63, 3.8) is 0 Å². The average molecular weight is 1210 g/mol. The molecule has 3 unspecified atom stereocenters. The van der Waals surface area contributed by atoms with Crippen LogP contribution >= 0.6 is 7.82 Å². The van der Waals surface area contributed by atoms with Gasteiger partial charge < -0.3 is 28.5 Å². The molecule has 0 aromatic carbocycles. The first-order chi connectivity index (χ1) is 41.4. The monoisotopic (exact) mass is 1210 g/mol. The van der Waals surface area contributed by atoms with Gasteiger partial charge in [0.1, 0.15) is 19.3 Å². The van der Waals surface area contributed by atoms with Crippen LogP contribution in [0.25, 0.3) is 0 Å². The second kappa shape index (κ2) is 64.4.